The Morgan fingerprint density at radius 3 is 2.32 bits per heavy atom. The fraction of sp³-hybridized carbons (Fsp3) is 0.269. The zero-order valence-electron chi connectivity index (χ0n) is 20.5. The Labute approximate surface area is 215 Å². The molecule has 200 valence electrons. The molecule has 38 heavy (non-hydrogen) atoms. The summed E-state index contributed by atoms with van der Waals surface area (Å²) in [5.74, 6) is -3.13. The van der Waals surface area contributed by atoms with Crippen molar-refractivity contribution in [2.24, 2.45) is 0 Å². The van der Waals surface area contributed by atoms with E-state index >= 15 is 0 Å². The largest absolute Gasteiger partial charge is 0.481 e. The van der Waals surface area contributed by atoms with Gasteiger partial charge in [0, 0.05) is 18.4 Å². The van der Waals surface area contributed by atoms with E-state index in [1.54, 1.807) is 13.0 Å². The van der Waals surface area contributed by atoms with E-state index in [-0.39, 0.29) is 28.2 Å². The highest BCUT2D eigenvalue weighted by Gasteiger charge is 2.44. The fourth-order valence-corrected chi connectivity index (χ4v) is 5.18. The average molecular weight is 550 g/mol. The number of carbonyl (C=O) groups is 1. The molecule has 2 atom stereocenters. The maximum atomic E-state index is 14.0. The van der Waals surface area contributed by atoms with Crippen LogP contribution in [0.15, 0.2) is 60.8 Å². The van der Waals surface area contributed by atoms with Crippen molar-refractivity contribution in [3.63, 3.8) is 0 Å². The third kappa shape index (κ3) is 5.00. The van der Waals surface area contributed by atoms with Gasteiger partial charge in [0.05, 0.1) is 28.3 Å². The number of halogens is 4. The van der Waals surface area contributed by atoms with Gasteiger partial charge in [-0.25, -0.2) is 22.3 Å². The summed E-state index contributed by atoms with van der Waals surface area (Å²) < 4.78 is 79.0. The molecule has 0 aliphatic rings. The van der Waals surface area contributed by atoms with Crippen LogP contribution in [0.1, 0.15) is 42.3 Å². The number of carboxylic acids is 1. The molecule has 4 rings (SSSR count). The predicted molar refractivity (Wildman–Crippen MR) is 132 cm³/mol. The first-order valence-electron chi connectivity index (χ1n) is 11.3. The zero-order chi connectivity index (χ0) is 28.0. The molecule has 7 nitrogen and oxygen atoms in total. The lowest BCUT2D eigenvalue weighted by molar-refractivity contribution is -0.144. The first kappa shape index (κ1) is 27.2. The molecule has 0 aliphatic heterocycles. The lowest BCUT2D eigenvalue weighted by atomic mass is 9.72. The number of benzene rings is 2. The number of carboxylic acid groups (broad SMARTS) is 1. The minimum absolute atomic E-state index is 0.00152. The van der Waals surface area contributed by atoms with Crippen molar-refractivity contribution >= 4 is 21.5 Å². The number of alkyl halides is 3. The maximum absolute atomic E-state index is 14.0. The SMILES string of the molecule is CC(c1cccc(F)c1)[C@@](C)(C(=O)O)c1ccnc2c(-c3ccc(C(F)(F)F)cc3)c(CS(C)(=O)=O)nn12. The van der Waals surface area contributed by atoms with Crippen molar-refractivity contribution in [2.45, 2.75) is 37.1 Å². The Kier molecular flexibility index (Phi) is 6.81. The molecule has 2 aromatic carbocycles. The smallest absolute Gasteiger partial charge is 0.416 e. The third-order valence-corrected chi connectivity index (χ3v) is 7.48. The summed E-state index contributed by atoms with van der Waals surface area (Å²) in [5.41, 5.74) is -1.59. The van der Waals surface area contributed by atoms with Crippen LogP contribution in [-0.2, 0) is 32.0 Å². The van der Waals surface area contributed by atoms with Crippen LogP contribution in [0.5, 0.6) is 0 Å². The monoisotopic (exact) mass is 549 g/mol. The highest BCUT2D eigenvalue weighted by molar-refractivity contribution is 7.89. The summed E-state index contributed by atoms with van der Waals surface area (Å²) in [5, 5.41) is 14.8. The van der Waals surface area contributed by atoms with Crippen molar-refractivity contribution < 1.29 is 35.9 Å². The molecule has 0 fully saturated rings. The van der Waals surface area contributed by atoms with Gasteiger partial charge >= 0.3 is 12.1 Å². The molecule has 0 saturated heterocycles. The summed E-state index contributed by atoms with van der Waals surface area (Å²) in [6.45, 7) is 3.06. The third-order valence-electron chi connectivity index (χ3n) is 6.68. The summed E-state index contributed by atoms with van der Waals surface area (Å²) in [4.78, 5) is 17.0. The highest BCUT2D eigenvalue weighted by atomic mass is 32.2. The molecule has 0 saturated carbocycles. The molecule has 2 aromatic heterocycles. The fourth-order valence-electron chi connectivity index (χ4n) is 4.48. The molecule has 0 bridgehead atoms. The van der Waals surface area contributed by atoms with Crippen LogP contribution < -0.4 is 0 Å². The van der Waals surface area contributed by atoms with Gasteiger partial charge in [-0.2, -0.15) is 18.3 Å². The number of aromatic nitrogens is 3. The Morgan fingerprint density at radius 2 is 1.76 bits per heavy atom. The van der Waals surface area contributed by atoms with Crippen molar-refractivity contribution in [2.75, 3.05) is 6.26 Å². The Hall–Kier alpha value is -3.80. The molecule has 0 amide bonds. The van der Waals surface area contributed by atoms with Gasteiger partial charge < -0.3 is 5.11 Å². The second-order valence-corrected chi connectivity index (χ2v) is 11.5. The molecular weight excluding hydrogens is 526 g/mol. The number of fused-ring (bicyclic) bond motifs is 1. The lowest BCUT2D eigenvalue weighted by Crippen LogP contribution is -2.39. The topological polar surface area (TPSA) is 102 Å². The normalized spacial score (nSPS) is 14.8. The quantitative estimate of drug-likeness (QED) is 0.316. The van der Waals surface area contributed by atoms with Crippen LogP contribution >= 0.6 is 0 Å². The molecule has 1 N–H and O–H groups in total. The summed E-state index contributed by atoms with van der Waals surface area (Å²) >= 11 is 0. The minimum atomic E-state index is -4.57. The van der Waals surface area contributed by atoms with Gasteiger partial charge in [-0.15, -0.1) is 0 Å². The molecule has 0 aliphatic carbocycles. The number of aliphatic carboxylic acids is 1. The van der Waals surface area contributed by atoms with Gasteiger partial charge in [0.1, 0.15) is 11.2 Å². The molecule has 12 heteroatoms. The predicted octanol–water partition coefficient (Wildman–Crippen LogP) is 5.24. The van der Waals surface area contributed by atoms with E-state index in [0.717, 1.165) is 18.4 Å². The standard InChI is InChI=1S/C26H23F4N3O4S/c1-15(17-5-4-6-19(27)13-17)25(2,24(34)35)21-11-12-31-23-22(20(32-33(21)23)14-38(3,36)37)16-7-9-18(10-8-16)26(28,29)30/h4-13,15H,14H2,1-3H3,(H,34,35)/t15?,25-/m1/s1. The van der Waals surface area contributed by atoms with Crippen LogP contribution in [-0.4, -0.2) is 40.3 Å². The van der Waals surface area contributed by atoms with Gasteiger partial charge in [-0.1, -0.05) is 31.2 Å². The molecule has 0 radical (unpaired) electrons. The number of nitrogens with zero attached hydrogens (tertiary/aromatic N) is 3. The number of sulfone groups is 1. The second-order valence-electron chi connectivity index (χ2n) is 9.32. The van der Waals surface area contributed by atoms with Gasteiger partial charge in [-0.3, -0.25) is 4.79 Å². The Balaban J connectivity index is 1.99. The van der Waals surface area contributed by atoms with E-state index in [1.807, 2.05) is 0 Å². The second kappa shape index (κ2) is 9.50. The van der Waals surface area contributed by atoms with Crippen LogP contribution in [0.4, 0.5) is 17.6 Å². The van der Waals surface area contributed by atoms with Crippen molar-refractivity contribution in [3.05, 3.63) is 89.1 Å². The minimum Gasteiger partial charge on any atom is -0.481 e. The number of rotatable bonds is 7. The molecular formula is C26H23F4N3O4S. The molecule has 1 unspecified atom stereocenters. The summed E-state index contributed by atoms with van der Waals surface area (Å²) in [7, 11) is -3.66. The molecule has 4 aromatic rings. The van der Waals surface area contributed by atoms with Gasteiger partial charge in [0.2, 0.25) is 0 Å². The Bertz CT molecular complexity index is 1630. The first-order valence-corrected chi connectivity index (χ1v) is 13.4. The van der Waals surface area contributed by atoms with Gasteiger partial charge in [0.25, 0.3) is 0 Å². The molecule has 0 spiro atoms. The number of hydrogen-bond acceptors (Lipinski definition) is 5. The van der Waals surface area contributed by atoms with Crippen LogP contribution in [0, 0.1) is 5.82 Å². The van der Waals surface area contributed by atoms with Crippen molar-refractivity contribution in [1.29, 1.82) is 0 Å². The van der Waals surface area contributed by atoms with Gasteiger partial charge in [0.15, 0.2) is 15.5 Å². The summed E-state index contributed by atoms with van der Waals surface area (Å²) in [6.07, 6.45) is -2.27. The summed E-state index contributed by atoms with van der Waals surface area (Å²) in [6, 6.07) is 11.0. The average Bonchev–Trinajstić information content (AvgIpc) is 3.18. The number of hydrogen-bond donors (Lipinski definition) is 1. The maximum Gasteiger partial charge on any atom is 0.416 e. The molecule has 2 heterocycles. The van der Waals surface area contributed by atoms with E-state index < -0.39 is 50.4 Å². The van der Waals surface area contributed by atoms with Gasteiger partial charge in [-0.05, 0) is 48.4 Å². The van der Waals surface area contributed by atoms with E-state index in [4.69, 9.17) is 0 Å². The van der Waals surface area contributed by atoms with E-state index in [2.05, 4.69) is 10.1 Å². The zero-order valence-corrected chi connectivity index (χ0v) is 21.3. The van der Waals surface area contributed by atoms with Crippen molar-refractivity contribution in [3.8, 4) is 11.1 Å². The first-order chi connectivity index (χ1) is 17.6. The van der Waals surface area contributed by atoms with E-state index in [0.29, 0.717) is 5.56 Å². The highest BCUT2D eigenvalue weighted by Crippen LogP contribution is 2.41. The van der Waals surface area contributed by atoms with Crippen molar-refractivity contribution in [1.82, 2.24) is 14.6 Å². The van der Waals surface area contributed by atoms with Crippen LogP contribution in [0.25, 0.3) is 16.8 Å². The van der Waals surface area contributed by atoms with Crippen LogP contribution in [0.3, 0.4) is 0 Å². The lowest BCUT2D eigenvalue weighted by Gasteiger charge is -2.32. The van der Waals surface area contributed by atoms with Crippen LogP contribution in [0.2, 0.25) is 0 Å². The van der Waals surface area contributed by atoms with E-state index in [9.17, 15) is 35.9 Å². The Morgan fingerprint density at radius 1 is 1.11 bits per heavy atom. The van der Waals surface area contributed by atoms with E-state index in [1.165, 1.54) is 54.0 Å².